The van der Waals surface area contributed by atoms with Crippen LogP contribution < -0.4 is 0 Å². The summed E-state index contributed by atoms with van der Waals surface area (Å²) >= 11 is 1.22. The molecule has 0 aromatic carbocycles. The van der Waals surface area contributed by atoms with E-state index in [1.54, 1.807) is 22.4 Å². The summed E-state index contributed by atoms with van der Waals surface area (Å²) < 4.78 is 27.1. The van der Waals surface area contributed by atoms with Gasteiger partial charge in [-0.2, -0.15) is 4.31 Å². The van der Waals surface area contributed by atoms with Crippen LogP contribution in [0.15, 0.2) is 33.9 Å². The Labute approximate surface area is 142 Å². The zero-order valence-electron chi connectivity index (χ0n) is 13.7. The molecule has 0 aliphatic carbocycles. The molecule has 1 aliphatic heterocycles. The molecule has 1 aromatic heterocycles. The van der Waals surface area contributed by atoms with Gasteiger partial charge in [0, 0.05) is 26.2 Å². The zero-order chi connectivity index (χ0) is 17.0. The van der Waals surface area contributed by atoms with Crippen molar-refractivity contribution in [2.75, 3.05) is 26.2 Å². The number of thiophene rings is 1. The lowest BCUT2D eigenvalue weighted by Crippen LogP contribution is -2.46. The second kappa shape index (κ2) is 7.59. The van der Waals surface area contributed by atoms with Gasteiger partial charge < -0.3 is 4.90 Å². The van der Waals surface area contributed by atoms with Crippen LogP contribution in [0, 0.1) is 5.92 Å². The van der Waals surface area contributed by atoms with Crippen molar-refractivity contribution in [1.82, 2.24) is 9.21 Å². The molecule has 0 saturated carbocycles. The van der Waals surface area contributed by atoms with Gasteiger partial charge in [0.05, 0.1) is 5.92 Å². The largest absolute Gasteiger partial charge is 0.339 e. The quantitative estimate of drug-likeness (QED) is 0.736. The van der Waals surface area contributed by atoms with Crippen molar-refractivity contribution in [2.45, 2.75) is 30.9 Å². The molecule has 7 heteroatoms. The van der Waals surface area contributed by atoms with Gasteiger partial charge in [-0.1, -0.05) is 18.2 Å². The van der Waals surface area contributed by atoms with E-state index >= 15 is 0 Å². The van der Waals surface area contributed by atoms with Crippen LogP contribution in [0.3, 0.4) is 0 Å². The molecule has 1 amide bonds. The first kappa shape index (κ1) is 18.2. The van der Waals surface area contributed by atoms with E-state index in [1.807, 2.05) is 13.8 Å². The van der Waals surface area contributed by atoms with Gasteiger partial charge in [-0.15, -0.1) is 11.3 Å². The number of carbonyl (C=O) groups excluding carboxylic acids is 1. The Morgan fingerprint density at radius 3 is 2.83 bits per heavy atom. The molecule has 0 radical (unpaired) electrons. The molecular weight excluding hydrogens is 332 g/mol. The maximum absolute atomic E-state index is 12.7. The first-order valence-corrected chi connectivity index (χ1v) is 10.1. The van der Waals surface area contributed by atoms with E-state index in [0.717, 1.165) is 12.0 Å². The van der Waals surface area contributed by atoms with E-state index in [4.69, 9.17) is 0 Å². The van der Waals surface area contributed by atoms with Crippen LogP contribution in [0.4, 0.5) is 0 Å². The molecule has 1 aromatic rings. The molecule has 1 unspecified atom stereocenters. The number of hydrogen-bond donors (Lipinski definition) is 0. The fourth-order valence-electron chi connectivity index (χ4n) is 2.83. The van der Waals surface area contributed by atoms with Gasteiger partial charge in [-0.3, -0.25) is 4.79 Å². The third kappa shape index (κ3) is 4.22. The molecule has 1 fully saturated rings. The average Bonchev–Trinajstić information content (AvgIpc) is 3.07. The van der Waals surface area contributed by atoms with Gasteiger partial charge in [-0.25, -0.2) is 8.42 Å². The van der Waals surface area contributed by atoms with Crippen molar-refractivity contribution in [3.8, 4) is 0 Å². The van der Waals surface area contributed by atoms with Crippen LogP contribution in [0.25, 0.3) is 0 Å². The number of nitrogens with zero attached hydrogens (tertiary/aromatic N) is 2. The summed E-state index contributed by atoms with van der Waals surface area (Å²) in [5.41, 5.74) is 0.930. The highest BCUT2D eigenvalue weighted by molar-refractivity contribution is 7.91. The number of amides is 1. The van der Waals surface area contributed by atoms with Crippen molar-refractivity contribution in [3.63, 3.8) is 0 Å². The lowest BCUT2D eigenvalue weighted by molar-refractivity contribution is -0.136. The Hall–Kier alpha value is -1.18. The Kier molecular flexibility index (Phi) is 6.00. The second-order valence-electron chi connectivity index (χ2n) is 5.94. The highest BCUT2D eigenvalue weighted by atomic mass is 32.2. The molecule has 5 nitrogen and oxygen atoms in total. The third-order valence-electron chi connectivity index (χ3n) is 3.98. The van der Waals surface area contributed by atoms with Crippen molar-refractivity contribution < 1.29 is 13.2 Å². The van der Waals surface area contributed by atoms with Crippen molar-refractivity contribution >= 4 is 27.3 Å². The number of sulfonamides is 1. The summed E-state index contributed by atoms with van der Waals surface area (Å²) in [7, 11) is -3.48. The number of hydrogen-bond acceptors (Lipinski definition) is 4. The Morgan fingerprint density at radius 2 is 2.26 bits per heavy atom. The zero-order valence-corrected chi connectivity index (χ0v) is 15.3. The minimum Gasteiger partial charge on any atom is -0.339 e. The normalized spacial score (nSPS) is 19.5. The molecule has 1 atom stereocenters. The molecule has 128 valence electrons. The van der Waals surface area contributed by atoms with Gasteiger partial charge in [-0.05, 0) is 38.1 Å². The van der Waals surface area contributed by atoms with E-state index in [1.165, 1.54) is 15.6 Å². The number of carbonyl (C=O) groups is 1. The molecule has 1 aliphatic rings. The SMILES string of the molecule is C=C(C)CN(CC)C(=O)C1CCCN(S(=O)(=O)c2cccs2)C1. The number of likely N-dealkylation sites (N-methyl/N-ethyl adjacent to an activating group) is 1. The standard InChI is InChI=1S/C16H24N2O3S2/c1-4-17(11-13(2)3)16(19)14-7-5-9-18(12-14)23(20,21)15-8-6-10-22-15/h6,8,10,14H,2,4-5,7,9,11-12H2,1,3H3. The molecule has 23 heavy (non-hydrogen) atoms. The summed E-state index contributed by atoms with van der Waals surface area (Å²) in [5.74, 6) is -0.237. The van der Waals surface area contributed by atoms with Gasteiger partial charge >= 0.3 is 0 Å². The molecular formula is C16H24N2O3S2. The fourth-order valence-corrected chi connectivity index (χ4v) is 5.50. The van der Waals surface area contributed by atoms with E-state index in [-0.39, 0.29) is 18.4 Å². The van der Waals surface area contributed by atoms with Gasteiger partial charge in [0.2, 0.25) is 5.91 Å². The Morgan fingerprint density at radius 1 is 1.52 bits per heavy atom. The predicted octanol–water partition coefficient (Wildman–Crippen LogP) is 2.57. The first-order chi connectivity index (χ1) is 10.9. The summed E-state index contributed by atoms with van der Waals surface area (Å²) in [5, 5.41) is 1.76. The summed E-state index contributed by atoms with van der Waals surface area (Å²) in [6.45, 7) is 9.58. The average molecular weight is 357 g/mol. The highest BCUT2D eigenvalue weighted by Gasteiger charge is 2.35. The molecule has 2 rings (SSSR count). The predicted molar refractivity (Wildman–Crippen MR) is 92.9 cm³/mol. The summed E-state index contributed by atoms with van der Waals surface area (Å²) in [6, 6.07) is 3.35. The van der Waals surface area contributed by atoms with E-state index < -0.39 is 10.0 Å². The Bertz CT molecular complexity index is 653. The van der Waals surface area contributed by atoms with Crippen LogP contribution in [-0.4, -0.2) is 49.7 Å². The topological polar surface area (TPSA) is 57.7 Å². The van der Waals surface area contributed by atoms with Crippen molar-refractivity contribution in [3.05, 3.63) is 29.7 Å². The maximum Gasteiger partial charge on any atom is 0.252 e. The van der Waals surface area contributed by atoms with E-state index in [0.29, 0.717) is 30.3 Å². The fraction of sp³-hybridized carbons (Fsp3) is 0.562. The minimum absolute atomic E-state index is 0.0292. The number of rotatable bonds is 6. The lowest BCUT2D eigenvalue weighted by atomic mass is 9.98. The third-order valence-corrected chi connectivity index (χ3v) is 7.21. The molecule has 0 spiro atoms. The van der Waals surface area contributed by atoms with Crippen LogP contribution in [0.2, 0.25) is 0 Å². The highest BCUT2D eigenvalue weighted by Crippen LogP contribution is 2.27. The van der Waals surface area contributed by atoms with E-state index in [9.17, 15) is 13.2 Å². The Balaban J connectivity index is 2.11. The molecule has 1 saturated heterocycles. The molecule has 0 N–H and O–H groups in total. The first-order valence-electron chi connectivity index (χ1n) is 7.83. The lowest BCUT2D eigenvalue weighted by Gasteiger charge is -2.34. The van der Waals surface area contributed by atoms with Crippen molar-refractivity contribution in [2.24, 2.45) is 5.92 Å². The van der Waals surface area contributed by atoms with Gasteiger partial charge in [0.15, 0.2) is 0 Å². The summed E-state index contributed by atoms with van der Waals surface area (Å²) in [6.07, 6.45) is 1.45. The molecule has 0 bridgehead atoms. The molecule has 2 heterocycles. The van der Waals surface area contributed by atoms with Crippen LogP contribution in [-0.2, 0) is 14.8 Å². The van der Waals surface area contributed by atoms with Gasteiger partial charge in [0.25, 0.3) is 10.0 Å². The minimum atomic E-state index is -3.48. The van der Waals surface area contributed by atoms with Crippen LogP contribution >= 0.6 is 11.3 Å². The number of piperidine rings is 1. The van der Waals surface area contributed by atoms with Crippen LogP contribution in [0.1, 0.15) is 26.7 Å². The monoisotopic (exact) mass is 356 g/mol. The smallest absolute Gasteiger partial charge is 0.252 e. The summed E-state index contributed by atoms with van der Waals surface area (Å²) in [4.78, 5) is 14.4. The van der Waals surface area contributed by atoms with Crippen LogP contribution in [0.5, 0.6) is 0 Å². The van der Waals surface area contributed by atoms with Gasteiger partial charge in [0.1, 0.15) is 4.21 Å². The maximum atomic E-state index is 12.7. The second-order valence-corrected chi connectivity index (χ2v) is 9.06. The van der Waals surface area contributed by atoms with E-state index in [2.05, 4.69) is 6.58 Å². The van der Waals surface area contributed by atoms with Crippen molar-refractivity contribution in [1.29, 1.82) is 0 Å².